The molecule has 0 saturated carbocycles. The van der Waals surface area contributed by atoms with E-state index in [-0.39, 0.29) is 0 Å². The first-order valence-electron chi connectivity index (χ1n) is 18.1. The molecule has 0 atom stereocenters. The zero-order valence-electron chi connectivity index (χ0n) is 31.1. The van der Waals surface area contributed by atoms with E-state index in [9.17, 15) is 0 Å². The van der Waals surface area contributed by atoms with Gasteiger partial charge in [-0.2, -0.15) is 0 Å². The van der Waals surface area contributed by atoms with Gasteiger partial charge in [-0.1, -0.05) is 71.8 Å². The van der Waals surface area contributed by atoms with Crippen LogP contribution in [0.5, 0.6) is 0 Å². The fraction of sp³-hybridized carbons (Fsp3) is 0.184. The molecule has 0 saturated heterocycles. The summed E-state index contributed by atoms with van der Waals surface area (Å²) >= 11 is 0. The van der Waals surface area contributed by atoms with E-state index in [4.69, 9.17) is 0 Å². The lowest BCUT2D eigenvalue weighted by Crippen LogP contribution is -2.16. The third-order valence-electron chi connectivity index (χ3n) is 11.1. The van der Waals surface area contributed by atoms with Gasteiger partial charge in [-0.05, 0) is 177 Å². The molecule has 0 unspecified atom stereocenters. The van der Waals surface area contributed by atoms with Crippen molar-refractivity contribution in [2.45, 2.75) is 61.8 Å². The van der Waals surface area contributed by atoms with Crippen LogP contribution in [-0.2, 0) is 0 Å². The number of allylic oxidation sites excluding steroid dienone is 5. The van der Waals surface area contributed by atoms with Crippen LogP contribution in [0.2, 0.25) is 0 Å². The van der Waals surface area contributed by atoms with E-state index in [0.29, 0.717) is 0 Å². The minimum Gasteiger partial charge on any atom is -0.310 e. The summed E-state index contributed by atoms with van der Waals surface area (Å²) in [5.41, 5.74) is 17.6. The van der Waals surface area contributed by atoms with E-state index in [1.54, 1.807) is 0 Å². The predicted molar refractivity (Wildman–Crippen MR) is 222 cm³/mol. The number of rotatable bonds is 6. The third kappa shape index (κ3) is 5.69. The zero-order valence-corrected chi connectivity index (χ0v) is 31.1. The molecule has 8 rings (SSSR count). The van der Waals surface area contributed by atoms with Gasteiger partial charge in [0.1, 0.15) is 0 Å². The van der Waals surface area contributed by atoms with Gasteiger partial charge in [0, 0.05) is 33.5 Å². The van der Waals surface area contributed by atoms with Crippen LogP contribution in [0.1, 0.15) is 53.6 Å². The average molecular weight is 663 g/mol. The molecule has 7 aromatic carbocycles. The van der Waals surface area contributed by atoms with Crippen molar-refractivity contribution in [3.05, 3.63) is 172 Å². The van der Waals surface area contributed by atoms with Crippen LogP contribution in [-0.4, -0.2) is 0 Å². The lowest BCUT2D eigenvalue weighted by molar-refractivity contribution is 1.11. The summed E-state index contributed by atoms with van der Waals surface area (Å²) in [5.74, 6) is 0. The maximum absolute atomic E-state index is 2.47. The Hall–Kier alpha value is -5.60. The molecule has 51 heavy (non-hydrogen) atoms. The summed E-state index contributed by atoms with van der Waals surface area (Å²) in [6.45, 7) is 17.7. The Kier molecular flexibility index (Phi) is 8.07. The summed E-state index contributed by atoms with van der Waals surface area (Å²) in [7, 11) is 0. The molecule has 2 heteroatoms. The molecule has 0 heterocycles. The number of nitrogens with zero attached hydrogens (tertiary/aromatic N) is 2. The molecule has 0 aromatic heterocycles. The van der Waals surface area contributed by atoms with Crippen molar-refractivity contribution >= 4 is 60.8 Å². The molecule has 1 aliphatic rings. The Morgan fingerprint density at radius 2 is 0.824 bits per heavy atom. The normalized spacial score (nSPS) is 13.4. The minimum absolute atomic E-state index is 0.986. The number of aryl methyl sites for hydroxylation is 6. The molecule has 0 aliphatic heterocycles. The number of hydrogen-bond donors (Lipinski definition) is 0. The SMILES string of the molecule is CC1=CC=C(N(c2ccc(C)c(C)c2)c2ccc3ccc4c(N(c5ccc(C)c(C)c5)c5ccc(C)c(C)c5)ccc5ccc2c3c54)C=C(C)C1. The second-order valence-corrected chi connectivity index (χ2v) is 14.8. The van der Waals surface area contributed by atoms with E-state index in [1.807, 2.05) is 0 Å². The van der Waals surface area contributed by atoms with E-state index >= 15 is 0 Å². The van der Waals surface area contributed by atoms with Crippen LogP contribution in [0, 0.1) is 41.5 Å². The van der Waals surface area contributed by atoms with E-state index in [2.05, 4.69) is 187 Å². The number of anilines is 5. The van der Waals surface area contributed by atoms with Gasteiger partial charge in [0.05, 0.1) is 11.4 Å². The summed E-state index contributed by atoms with van der Waals surface area (Å²) in [5, 5.41) is 7.62. The van der Waals surface area contributed by atoms with Crippen LogP contribution in [0.15, 0.2) is 138 Å². The summed E-state index contributed by atoms with van der Waals surface area (Å²) in [4.78, 5) is 4.92. The van der Waals surface area contributed by atoms with Crippen LogP contribution in [0.3, 0.4) is 0 Å². The lowest BCUT2D eigenvalue weighted by atomic mass is 9.91. The third-order valence-corrected chi connectivity index (χ3v) is 11.1. The Labute approximate surface area is 303 Å². The maximum atomic E-state index is 2.47. The highest BCUT2D eigenvalue weighted by Crippen LogP contribution is 2.47. The fourth-order valence-electron chi connectivity index (χ4n) is 7.83. The highest BCUT2D eigenvalue weighted by Gasteiger charge is 2.23. The summed E-state index contributed by atoms with van der Waals surface area (Å²) < 4.78 is 0. The van der Waals surface area contributed by atoms with Gasteiger partial charge in [-0.25, -0.2) is 0 Å². The molecule has 0 N–H and O–H groups in total. The Balaban J connectivity index is 1.41. The van der Waals surface area contributed by atoms with Gasteiger partial charge in [0.25, 0.3) is 0 Å². The fourth-order valence-corrected chi connectivity index (χ4v) is 7.83. The Morgan fingerprint density at radius 3 is 1.29 bits per heavy atom. The van der Waals surface area contributed by atoms with Gasteiger partial charge >= 0.3 is 0 Å². The van der Waals surface area contributed by atoms with E-state index < -0.39 is 0 Å². The van der Waals surface area contributed by atoms with Crippen LogP contribution < -0.4 is 9.80 Å². The predicted octanol–water partition coefficient (Wildman–Crippen LogP) is 14.2. The van der Waals surface area contributed by atoms with Crippen molar-refractivity contribution < 1.29 is 0 Å². The molecule has 252 valence electrons. The molecule has 0 amide bonds. The van der Waals surface area contributed by atoms with Crippen molar-refractivity contribution in [1.29, 1.82) is 0 Å². The second-order valence-electron chi connectivity index (χ2n) is 14.8. The Morgan fingerprint density at radius 1 is 0.392 bits per heavy atom. The summed E-state index contributed by atoms with van der Waals surface area (Å²) in [6, 6.07) is 39.1. The number of benzene rings is 7. The summed E-state index contributed by atoms with van der Waals surface area (Å²) in [6.07, 6.45) is 7.93. The van der Waals surface area contributed by atoms with Gasteiger partial charge in [0.2, 0.25) is 0 Å². The van der Waals surface area contributed by atoms with E-state index in [0.717, 1.165) is 6.42 Å². The van der Waals surface area contributed by atoms with Crippen molar-refractivity contribution in [1.82, 2.24) is 0 Å². The van der Waals surface area contributed by atoms with Crippen molar-refractivity contribution in [2.24, 2.45) is 0 Å². The molecule has 0 bridgehead atoms. The average Bonchev–Trinajstić information content (AvgIpc) is 3.28. The molecular formula is C49H46N2. The first-order valence-corrected chi connectivity index (χ1v) is 18.1. The van der Waals surface area contributed by atoms with Crippen LogP contribution in [0.4, 0.5) is 28.4 Å². The topological polar surface area (TPSA) is 6.48 Å². The van der Waals surface area contributed by atoms with Crippen molar-refractivity contribution in [3.8, 4) is 0 Å². The first kappa shape index (κ1) is 32.6. The van der Waals surface area contributed by atoms with E-state index in [1.165, 1.54) is 111 Å². The van der Waals surface area contributed by atoms with Crippen molar-refractivity contribution in [2.75, 3.05) is 9.80 Å². The standard InChI is InChI=1S/C49H46N2/c1-30-9-17-40(26-31(2)25-30)50(41-18-10-32(3)35(6)27-41)46-23-15-38-14-22-45-47(24-16-39-13-21-44(46)48(38)49(39)45)51(42-19-11-33(4)36(7)28-42)43-20-12-34(5)37(8)29-43/h9-24,26-29H,25H2,1-8H3. The van der Waals surface area contributed by atoms with Crippen LogP contribution in [0.25, 0.3) is 32.3 Å². The highest BCUT2D eigenvalue weighted by atomic mass is 15.2. The van der Waals surface area contributed by atoms with Crippen molar-refractivity contribution in [3.63, 3.8) is 0 Å². The first-order chi connectivity index (χ1) is 24.6. The van der Waals surface area contributed by atoms with Gasteiger partial charge in [-0.3, -0.25) is 0 Å². The van der Waals surface area contributed by atoms with Gasteiger partial charge < -0.3 is 9.80 Å². The molecule has 0 radical (unpaired) electrons. The number of hydrogen-bond acceptors (Lipinski definition) is 2. The second kappa shape index (κ2) is 12.6. The largest absolute Gasteiger partial charge is 0.310 e. The smallest absolute Gasteiger partial charge is 0.0540 e. The molecule has 2 nitrogen and oxygen atoms in total. The highest BCUT2D eigenvalue weighted by molar-refractivity contribution is 6.28. The Bertz CT molecular complexity index is 2540. The quantitative estimate of drug-likeness (QED) is 0.164. The lowest BCUT2D eigenvalue weighted by Gasteiger charge is -2.30. The molecule has 7 aromatic rings. The molecule has 0 fully saturated rings. The molecule has 0 spiro atoms. The molecule has 1 aliphatic carbocycles. The monoisotopic (exact) mass is 662 g/mol. The molecular weight excluding hydrogens is 617 g/mol. The van der Waals surface area contributed by atoms with Gasteiger partial charge in [-0.15, -0.1) is 0 Å². The van der Waals surface area contributed by atoms with Gasteiger partial charge in [0.15, 0.2) is 0 Å². The van der Waals surface area contributed by atoms with Crippen LogP contribution >= 0.6 is 0 Å². The zero-order chi connectivity index (χ0) is 35.6. The maximum Gasteiger partial charge on any atom is 0.0540 e. The minimum atomic E-state index is 0.986.